The Balaban J connectivity index is -0.000000125. The summed E-state index contributed by atoms with van der Waals surface area (Å²) in [6.07, 6.45) is 0.134. The largest absolute Gasteiger partial charge is 1.00 e. The molecule has 0 spiro atoms. The van der Waals surface area contributed by atoms with E-state index in [0.29, 0.717) is 6.42 Å². The predicted octanol–water partition coefficient (Wildman–Crippen LogP) is -3.42. The second-order valence-corrected chi connectivity index (χ2v) is 1.36. The number of hydrogen-bond acceptors (Lipinski definition) is 3. The minimum atomic E-state index is -0.352. The first kappa shape index (κ1) is 15.9. The van der Waals surface area contributed by atoms with Crippen LogP contribution in [-0.4, -0.2) is 28.4 Å². The van der Waals surface area contributed by atoms with Gasteiger partial charge in [0.25, 0.3) is 0 Å². The van der Waals surface area contributed by atoms with E-state index < -0.39 is 0 Å². The van der Waals surface area contributed by atoms with Gasteiger partial charge < -0.3 is 15.7 Å². The first-order chi connectivity index (χ1) is 2.77. The molecule has 0 aromatic rings. The molecule has 0 saturated carbocycles. The molecule has 0 aliphatic rings. The Bertz CT molecular complexity index is 32.5. The van der Waals surface area contributed by atoms with Gasteiger partial charge in [-0.1, -0.05) is 0 Å². The minimum absolute atomic E-state index is 0. The zero-order chi connectivity index (χ0) is 4.99. The van der Waals surface area contributed by atoms with Crippen LogP contribution in [0.4, 0.5) is 0 Å². The molecule has 8 heavy (non-hydrogen) atoms. The molecule has 0 radical (unpaired) electrons. The first-order valence-corrected chi connectivity index (χ1v) is 2.06. The van der Waals surface area contributed by atoms with Gasteiger partial charge in [-0.15, -0.1) is 0 Å². The number of aliphatic hydroxyl groups is 2. The average Bonchev–Trinajstić information content (AvgIpc) is 1.35. The molecule has 46 valence electrons. The van der Waals surface area contributed by atoms with Crippen LogP contribution < -0.4 is 29.6 Å². The third kappa shape index (κ3) is 15.8. The van der Waals surface area contributed by atoms with Gasteiger partial charge in [-0.05, 0) is 13.3 Å². The molecule has 0 aliphatic heterocycles. The zero-order valence-corrected chi connectivity index (χ0v) is 7.33. The molecule has 3 N–H and O–H groups in total. The summed E-state index contributed by atoms with van der Waals surface area (Å²) in [6, 6.07) is 0. The van der Waals surface area contributed by atoms with Gasteiger partial charge in [0.05, 0.1) is 6.10 Å². The normalized spacial score (nSPS) is 10.9. The van der Waals surface area contributed by atoms with Crippen LogP contribution in [-0.2, 0) is 0 Å². The molecular weight excluding hydrogens is 119 g/mol. The summed E-state index contributed by atoms with van der Waals surface area (Å²) in [5.41, 5.74) is 0. The van der Waals surface area contributed by atoms with Crippen LogP contribution in [0.2, 0.25) is 0 Å². The van der Waals surface area contributed by atoms with Crippen molar-refractivity contribution in [1.29, 1.82) is 0 Å². The summed E-state index contributed by atoms with van der Waals surface area (Å²) in [7, 11) is 0. The maximum Gasteiger partial charge on any atom is 1.00 e. The van der Waals surface area contributed by atoms with Gasteiger partial charge in [0.15, 0.2) is 0 Å². The Morgan fingerprint density at radius 1 is 1.50 bits per heavy atom. The van der Waals surface area contributed by atoms with Gasteiger partial charge in [0.2, 0.25) is 0 Å². The summed E-state index contributed by atoms with van der Waals surface area (Å²) < 4.78 is 0. The molecule has 0 saturated heterocycles. The van der Waals surface area contributed by atoms with E-state index in [2.05, 4.69) is 0 Å². The van der Waals surface area contributed by atoms with Gasteiger partial charge in [-0.3, -0.25) is 0 Å². The van der Waals surface area contributed by atoms with Crippen molar-refractivity contribution in [2.75, 3.05) is 6.61 Å². The van der Waals surface area contributed by atoms with Crippen molar-refractivity contribution < 1.29 is 45.2 Å². The van der Waals surface area contributed by atoms with E-state index in [4.69, 9.17) is 10.2 Å². The molecule has 0 aromatic heterocycles. The molecule has 0 aromatic carbocycles. The molecule has 0 heterocycles. The Hall–Kier alpha value is 0.880. The summed E-state index contributed by atoms with van der Waals surface area (Å²) >= 11 is 0. The molecule has 0 aliphatic carbocycles. The molecule has 4 heteroatoms. The van der Waals surface area contributed by atoms with Crippen molar-refractivity contribution in [2.45, 2.75) is 19.4 Å². The molecule has 0 fully saturated rings. The Morgan fingerprint density at radius 2 is 1.88 bits per heavy atom. The smallest absolute Gasteiger partial charge is 0.870 e. The second-order valence-electron chi connectivity index (χ2n) is 1.36. The number of hydrogen-bond donors (Lipinski definition) is 2. The van der Waals surface area contributed by atoms with Crippen LogP contribution in [0.5, 0.6) is 0 Å². The number of aliphatic hydroxyl groups excluding tert-OH is 2. The van der Waals surface area contributed by atoms with E-state index in [1.54, 1.807) is 6.92 Å². The van der Waals surface area contributed by atoms with Gasteiger partial charge in [0.1, 0.15) is 0 Å². The van der Waals surface area contributed by atoms with E-state index in [-0.39, 0.29) is 47.7 Å². The second kappa shape index (κ2) is 10.8. The quantitative estimate of drug-likeness (QED) is 0.382. The molecule has 0 bridgehead atoms. The Kier molecular flexibility index (Phi) is 21.5. The third-order valence-corrected chi connectivity index (χ3v) is 0.547. The zero-order valence-electron chi connectivity index (χ0n) is 5.33. The molecule has 1 atom stereocenters. The van der Waals surface area contributed by atoms with Gasteiger partial charge in [-0.25, -0.2) is 0 Å². The fourth-order valence-electron chi connectivity index (χ4n) is 0.187. The standard InChI is InChI=1S/C4H10O2.Na.H2O/c1-4(6)2-3-5;;/h4-6H,2-3H2,1H3;;1H2/q;+1;/p-1. The van der Waals surface area contributed by atoms with Crippen molar-refractivity contribution in [3.05, 3.63) is 0 Å². The summed E-state index contributed by atoms with van der Waals surface area (Å²) in [5, 5.41) is 16.5. The third-order valence-electron chi connectivity index (χ3n) is 0.547. The van der Waals surface area contributed by atoms with Crippen molar-refractivity contribution >= 4 is 0 Å². The minimum Gasteiger partial charge on any atom is -0.870 e. The van der Waals surface area contributed by atoms with Crippen LogP contribution in [0.25, 0.3) is 0 Å². The van der Waals surface area contributed by atoms with Gasteiger partial charge in [0, 0.05) is 6.61 Å². The van der Waals surface area contributed by atoms with E-state index in [1.165, 1.54) is 0 Å². The van der Waals surface area contributed by atoms with Crippen LogP contribution in [0.1, 0.15) is 13.3 Å². The Morgan fingerprint density at radius 3 is 1.88 bits per heavy atom. The topological polar surface area (TPSA) is 70.5 Å². The maximum atomic E-state index is 8.39. The van der Waals surface area contributed by atoms with Crippen LogP contribution in [0.3, 0.4) is 0 Å². The maximum absolute atomic E-state index is 8.39. The van der Waals surface area contributed by atoms with Crippen molar-refractivity contribution in [3.8, 4) is 0 Å². The summed E-state index contributed by atoms with van der Waals surface area (Å²) in [4.78, 5) is 0. The van der Waals surface area contributed by atoms with Crippen molar-refractivity contribution in [2.24, 2.45) is 0 Å². The Labute approximate surface area is 71.3 Å². The number of rotatable bonds is 2. The van der Waals surface area contributed by atoms with Gasteiger partial charge >= 0.3 is 29.6 Å². The van der Waals surface area contributed by atoms with Gasteiger partial charge in [-0.2, -0.15) is 0 Å². The van der Waals surface area contributed by atoms with Crippen molar-refractivity contribution in [1.82, 2.24) is 0 Å². The van der Waals surface area contributed by atoms with E-state index in [9.17, 15) is 0 Å². The van der Waals surface area contributed by atoms with Crippen LogP contribution in [0.15, 0.2) is 0 Å². The first-order valence-electron chi connectivity index (χ1n) is 2.06. The molecular formula is C4H11NaO3. The molecule has 0 rings (SSSR count). The fourth-order valence-corrected chi connectivity index (χ4v) is 0.187. The molecule has 3 nitrogen and oxygen atoms in total. The van der Waals surface area contributed by atoms with Crippen LogP contribution >= 0.6 is 0 Å². The monoisotopic (exact) mass is 130 g/mol. The molecule has 0 amide bonds. The van der Waals surface area contributed by atoms with Crippen molar-refractivity contribution in [3.63, 3.8) is 0 Å². The summed E-state index contributed by atoms with van der Waals surface area (Å²) in [6.45, 7) is 1.73. The van der Waals surface area contributed by atoms with E-state index in [0.717, 1.165) is 0 Å². The summed E-state index contributed by atoms with van der Waals surface area (Å²) in [5.74, 6) is 0. The average molecular weight is 130 g/mol. The fraction of sp³-hybridized carbons (Fsp3) is 1.00. The SMILES string of the molecule is CC(O)CCO.[Na+].[OH-]. The van der Waals surface area contributed by atoms with Crippen LogP contribution in [0, 0.1) is 0 Å². The molecule has 1 unspecified atom stereocenters. The van der Waals surface area contributed by atoms with E-state index >= 15 is 0 Å². The predicted molar refractivity (Wildman–Crippen MR) is 25.3 cm³/mol. The van der Waals surface area contributed by atoms with E-state index in [1.807, 2.05) is 0 Å².